The molecule has 0 unspecified atom stereocenters. The molecule has 3 nitrogen and oxygen atoms in total. The van der Waals surface area contributed by atoms with Gasteiger partial charge in [0.25, 0.3) is 0 Å². The minimum Gasteiger partial charge on any atom is -0.351 e. The summed E-state index contributed by atoms with van der Waals surface area (Å²) in [5.41, 5.74) is 2.41. The molecule has 0 radical (unpaired) electrons. The SMILES string of the molecule is CC[C@H]1CCCCN1CC(=O)NCc1ccc(C)cc1. The predicted octanol–water partition coefficient (Wildman–Crippen LogP) is 2.88. The van der Waals surface area contributed by atoms with E-state index in [4.69, 9.17) is 0 Å². The van der Waals surface area contributed by atoms with Crippen LogP contribution >= 0.6 is 0 Å². The van der Waals surface area contributed by atoms with Gasteiger partial charge in [-0.25, -0.2) is 0 Å². The van der Waals surface area contributed by atoms with Crippen molar-refractivity contribution in [2.45, 2.75) is 52.1 Å². The summed E-state index contributed by atoms with van der Waals surface area (Å²) >= 11 is 0. The van der Waals surface area contributed by atoms with Gasteiger partial charge >= 0.3 is 0 Å². The standard InChI is InChI=1S/C17H26N2O/c1-3-16-6-4-5-11-19(16)13-17(20)18-12-15-9-7-14(2)8-10-15/h7-10,16H,3-6,11-13H2,1-2H3,(H,18,20)/t16-/m0/s1. The van der Waals surface area contributed by atoms with Crippen LogP contribution in [0, 0.1) is 6.92 Å². The summed E-state index contributed by atoms with van der Waals surface area (Å²) in [6, 6.07) is 8.91. The van der Waals surface area contributed by atoms with Crippen molar-refractivity contribution in [1.82, 2.24) is 10.2 Å². The highest BCUT2D eigenvalue weighted by Gasteiger charge is 2.22. The fourth-order valence-corrected chi connectivity index (χ4v) is 2.88. The second-order valence-electron chi connectivity index (χ2n) is 5.79. The molecule has 3 heteroatoms. The monoisotopic (exact) mass is 274 g/mol. The molecule has 0 aliphatic carbocycles. The van der Waals surface area contributed by atoms with Crippen molar-refractivity contribution < 1.29 is 4.79 Å². The number of nitrogens with one attached hydrogen (secondary N) is 1. The fourth-order valence-electron chi connectivity index (χ4n) is 2.88. The number of amides is 1. The molecule has 1 amide bonds. The van der Waals surface area contributed by atoms with Crippen molar-refractivity contribution in [3.8, 4) is 0 Å². The third-order valence-electron chi connectivity index (χ3n) is 4.18. The molecule has 0 spiro atoms. The fraction of sp³-hybridized carbons (Fsp3) is 0.588. The molecule has 1 heterocycles. The lowest BCUT2D eigenvalue weighted by Gasteiger charge is -2.34. The van der Waals surface area contributed by atoms with Gasteiger partial charge in [-0.15, -0.1) is 0 Å². The number of carbonyl (C=O) groups excluding carboxylic acids is 1. The highest BCUT2D eigenvalue weighted by Crippen LogP contribution is 2.18. The largest absolute Gasteiger partial charge is 0.351 e. The van der Waals surface area contributed by atoms with Crippen LogP contribution in [0.1, 0.15) is 43.7 Å². The first-order valence-corrected chi connectivity index (χ1v) is 7.75. The van der Waals surface area contributed by atoms with Crippen molar-refractivity contribution >= 4 is 5.91 Å². The third-order valence-corrected chi connectivity index (χ3v) is 4.18. The zero-order chi connectivity index (χ0) is 14.4. The number of likely N-dealkylation sites (tertiary alicyclic amines) is 1. The van der Waals surface area contributed by atoms with Crippen LogP contribution in [0.25, 0.3) is 0 Å². The lowest BCUT2D eigenvalue weighted by atomic mass is 10.00. The Balaban J connectivity index is 1.78. The average molecular weight is 274 g/mol. The van der Waals surface area contributed by atoms with Gasteiger partial charge < -0.3 is 5.32 Å². The van der Waals surface area contributed by atoms with E-state index in [1.807, 2.05) is 0 Å². The quantitative estimate of drug-likeness (QED) is 0.895. The molecule has 0 saturated carbocycles. The zero-order valence-electron chi connectivity index (χ0n) is 12.7. The molecule has 110 valence electrons. The Morgan fingerprint density at radius 1 is 1.30 bits per heavy atom. The first kappa shape index (κ1) is 15.0. The Morgan fingerprint density at radius 2 is 2.05 bits per heavy atom. The summed E-state index contributed by atoms with van der Waals surface area (Å²) in [6.07, 6.45) is 4.91. The van der Waals surface area contributed by atoms with Gasteiger partial charge in [0.15, 0.2) is 0 Å². The molecular formula is C17H26N2O. The van der Waals surface area contributed by atoms with Crippen LogP contribution in [-0.2, 0) is 11.3 Å². The highest BCUT2D eigenvalue weighted by atomic mass is 16.2. The van der Waals surface area contributed by atoms with Crippen LogP contribution < -0.4 is 5.32 Å². The van der Waals surface area contributed by atoms with E-state index < -0.39 is 0 Å². The maximum Gasteiger partial charge on any atom is 0.234 e. The first-order chi connectivity index (χ1) is 9.69. The third kappa shape index (κ3) is 4.34. The molecule has 1 aliphatic rings. The van der Waals surface area contributed by atoms with Gasteiger partial charge in [0.2, 0.25) is 5.91 Å². The lowest BCUT2D eigenvalue weighted by Crippen LogP contribution is -2.45. The number of carbonyl (C=O) groups is 1. The number of piperidine rings is 1. The molecule has 1 aliphatic heterocycles. The summed E-state index contributed by atoms with van der Waals surface area (Å²) in [5, 5.41) is 3.03. The van der Waals surface area contributed by atoms with Gasteiger partial charge in [0.05, 0.1) is 6.54 Å². The predicted molar refractivity (Wildman–Crippen MR) is 82.5 cm³/mol. The summed E-state index contributed by atoms with van der Waals surface area (Å²) in [6.45, 7) is 6.53. The molecule has 1 saturated heterocycles. The van der Waals surface area contributed by atoms with Gasteiger partial charge in [-0.2, -0.15) is 0 Å². The van der Waals surface area contributed by atoms with E-state index in [0.717, 1.165) is 18.5 Å². The van der Waals surface area contributed by atoms with Crippen molar-refractivity contribution in [3.63, 3.8) is 0 Å². The number of hydrogen-bond donors (Lipinski definition) is 1. The van der Waals surface area contributed by atoms with Gasteiger partial charge in [0.1, 0.15) is 0 Å². The Kier molecular flexibility index (Phi) is 5.60. The first-order valence-electron chi connectivity index (χ1n) is 7.75. The minimum absolute atomic E-state index is 0.144. The van der Waals surface area contributed by atoms with Crippen LogP contribution in [-0.4, -0.2) is 29.9 Å². The van der Waals surface area contributed by atoms with Gasteiger partial charge in [0, 0.05) is 12.6 Å². The number of benzene rings is 1. The summed E-state index contributed by atoms with van der Waals surface area (Å²) in [4.78, 5) is 14.4. The van der Waals surface area contributed by atoms with Crippen molar-refractivity contribution in [3.05, 3.63) is 35.4 Å². The van der Waals surface area contributed by atoms with Gasteiger partial charge in [-0.1, -0.05) is 43.2 Å². The molecule has 0 bridgehead atoms. The Labute approximate surface area is 122 Å². The number of nitrogens with zero attached hydrogens (tertiary/aromatic N) is 1. The van der Waals surface area contributed by atoms with Gasteiger partial charge in [-0.05, 0) is 38.3 Å². The van der Waals surface area contributed by atoms with E-state index in [1.54, 1.807) is 0 Å². The second kappa shape index (κ2) is 7.44. The second-order valence-corrected chi connectivity index (χ2v) is 5.79. The van der Waals surface area contributed by atoms with E-state index >= 15 is 0 Å². The van der Waals surface area contributed by atoms with Crippen LogP contribution in [0.4, 0.5) is 0 Å². The molecule has 1 N–H and O–H groups in total. The summed E-state index contributed by atoms with van der Waals surface area (Å²) < 4.78 is 0. The zero-order valence-corrected chi connectivity index (χ0v) is 12.7. The average Bonchev–Trinajstić information content (AvgIpc) is 2.47. The smallest absolute Gasteiger partial charge is 0.234 e. The summed E-state index contributed by atoms with van der Waals surface area (Å²) in [5.74, 6) is 0.144. The van der Waals surface area contributed by atoms with Crippen molar-refractivity contribution in [1.29, 1.82) is 0 Å². The van der Waals surface area contributed by atoms with Crippen LogP contribution in [0.3, 0.4) is 0 Å². The molecule has 1 aromatic carbocycles. The van der Waals surface area contributed by atoms with Gasteiger partial charge in [-0.3, -0.25) is 9.69 Å². The van der Waals surface area contributed by atoms with E-state index in [0.29, 0.717) is 19.1 Å². The molecule has 1 fully saturated rings. The maximum atomic E-state index is 12.1. The number of rotatable bonds is 5. The Morgan fingerprint density at radius 3 is 2.75 bits per heavy atom. The molecule has 0 aromatic heterocycles. The van der Waals surface area contributed by atoms with Crippen molar-refractivity contribution in [2.75, 3.05) is 13.1 Å². The number of aryl methyl sites for hydroxylation is 1. The van der Waals surface area contributed by atoms with E-state index in [9.17, 15) is 4.79 Å². The van der Waals surface area contributed by atoms with E-state index in [1.165, 1.54) is 24.8 Å². The van der Waals surface area contributed by atoms with Crippen LogP contribution in [0.2, 0.25) is 0 Å². The number of hydrogen-bond acceptors (Lipinski definition) is 2. The molecule has 1 aromatic rings. The Hall–Kier alpha value is -1.35. The topological polar surface area (TPSA) is 32.3 Å². The molecular weight excluding hydrogens is 248 g/mol. The lowest BCUT2D eigenvalue weighted by molar-refractivity contribution is -0.123. The summed E-state index contributed by atoms with van der Waals surface area (Å²) in [7, 11) is 0. The van der Waals surface area contributed by atoms with E-state index in [-0.39, 0.29) is 5.91 Å². The maximum absolute atomic E-state index is 12.1. The Bertz CT molecular complexity index is 427. The molecule has 1 atom stereocenters. The normalized spacial score (nSPS) is 19.8. The van der Waals surface area contributed by atoms with E-state index in [2.05, 4.69) is 48.3 Å². The van der Waals surface area contributed by atoms with Crippen LogP contribution in [0.15, 0.2) is 24.3 Å². The molecule has 20 heavy (non-hydrogen) atoms. The molecule has 2 rings (SSSR count). The minimum atomic E-state index is 0.144. The van der Waals surface area contributed by atoms with Crippen LogP contribution in [0.5, 0.6) is 0 Å². The van der Waals surface area contributed by atoms with Crippen molar-refractivity contribution in [2.24, 2.45) is 0 Å². The highest BCUT2D eigenvalue weighted by molar-refractivity contribution is 5.78.